The van der Waals surface area contributed by atoms with Crippen molar-refractivity contribution in [3.05, 3.63) is 64.9 Å². The van der Waals surface area contributed by atoms with Crippen LogP contribution in [0.4, 0.5) is 0 Å². The summed E-state index contributed by atoms with van der Waals surface area (Å²) in [6.45, 7) is 0. The van der Waals surface area contributed by atoms with Crippen molar-refractivity contribution in [1.82, 2.24) is 14.8 Å². The van der Waals surface area contributed by atoms with E-state index in [9.17, 15) is 4.79 Å². The molecule has 0 fully saturated rings. The lowest BCUT2D eigenvalue weighted by Gasteiger charge is -2.05. The molecule has 6 heteroatoms. The molecule has 0 unspecified atom stereocenters. The van der Waals surface area contributed by atoms with Crippen molar-refractivity contribution < 1.29 is 4.79 Å². The van der Waals surface area contributed by atoms with E-state index in [4.69, 9.17) is 11.6 Å². The molecule has 0 radical (unpaired) electrons. The van der Waals surface area contributed by atoms with Crippen molar-refractivity contribution in [2.45, 2.75) is 10.8 Å². The third kappa shape index (κ3) is 3.30. The molecule has 2 aromatic heterocycles. The average Bonchev–Trinajstić information content (AvgIpc) is 2.91. The van der Waals surface area contributed by atoms with Gasteiger partial charge in [-0.3, -0.25) is 14.5 Å². The third-order valence-electron chi connectivity index (χ3n) is 3.42. The maximum absolute atomic E-state index is 11.6. The summed E-state index contributed by atoms with van der Waals surface area (Å²) in [4.78, 5) is 15.6. The van der Waals surface area contributed by atoms with Crippen molar-refractivity contribution in [1.29, 1.82) is 0 Å². The fraction of sp³-hybridized carbons (Fsp3) is 0.118. The van der Waals surface area contributed by atoms with Gasteiger partial charge in [0.15, 0.2) is 6.29 Å². The highest BCUT2D eigenvalue weighted by molar-refractivity contribution is 7.98. The highest BCUT2D eigenvalue weighted by Gasteiger charge is 2.17. The Morgan fingerprint density at radius 1 is 1.22 bits per heavy atom. The van der Waals surface area contributed by atoms with Crippen LogP contribution in [0.2, 0.25) is 5.02 Å². The Bertz CT molecular complexity index is 833. The van der Waals surface area contributed by atoms with Crippen LogP contribution in [-0.4, -0.2) is 21.1 Å². The van der Waals surface area contributed by atoms with Crippen LogP contribution in [0.3, 0.4) is 0 Å². The van der Waals surface area contributed by atoms with Crippen LogP contribution in [0, 0.1) is 0 Å². The van der Waals surface area contributed by atoms with E-state index in [-0.39, 0.29) is 0 Å². The molecule has 1 aromatic carbocycles. The van der Waals surface area contributed by atoms with Gasteiger partial charge in [-0.1, -0.05) is 29.8 Å². The molecule has 0 N–H and O–H groups in total. The number of thioether (sulfide) groups is 1. The number of nitrogens with zero attached hydrogens (tertiary/aromatic N) is 3. The monoisotopic (exact) mass is 343 g/mol. The second kappa shape index (κ2) is 6.98. The molecular weight excluding hydrogens is 330 g/mol. The van der Waals surface area contributed by atoms with Gasteiger partial charge in [-0.05, 0) is 23.8 Å². The Labute approximate surface area is 143 Å². The zero-order valence-electron chi connectivity index (χ0n) is 12.4. The summed E-state index contributed by atoms with van der Waals surface area (Å²) in [6, 6.07) is 11.4. The molecule has 2 heterocycles. The van der Waals surface area contributed by atoms with Gasteiger partial charge in [0.2, 0.25) is 0 Å². The van der Waals surface area contributed by atoms with Gasteiger partial charge in [0.25, 0.3) is 0 Å². The second-order valence-electron chi connectivity index (χ2n) is 4.92. The smallest absolute Gasteiger partial charge is 0.155 e. The first-order chi connectivity index (χ1) is 11.2. The van der Waals surface area contributed by atoms with E-state index in [1.165, 1.54) is 0 Å². The van der Waals surface area contributed by atoms with Gasteiger partial charge in [0.1, 0.15) is 10.7 Å². The summed E-state index contributed by atoms with van der Waals surface area (Å²) in [5.41, 5.74) is 3.17. The minimum absolute atomic E-state index is 0.593. The fourth-order valence-corrected chi connectivity index (χ4v) is 3.64. The summed E-state index contributed by atoms with van der Waals surface area (Å²) in [5.74, 6) is 0.676. The first-order valence-corrected chi connectivity index (χ1v) is 8.36. The third-order valence-corrected chi connectivity index (χ3v) is 5.00. The minimum atomic E-state index is 0.593. The van der Waals surface area contributed by atoms with E-state index in [1.807, 2.05) is 43.4 Å². The summed E-state index contributed by atoms with van der Waals surface area (Å²) >= 11 is 7.74. The van der Waals surface area contributed by atoms with Gasteiger partial charge in [-0.15, -0.1) is 11.8 Å². The van der Waals surface area contributed by atoms with Crippen molar-refractivity contribution in [2.24, 2.45) is 7.05 Å². The molecule has 3 rings (SSSR count). The lowest BCUT2D eigenvalue weighted by atomic mass is 10.1. The number of aryl methyl sites for hydroxylation is 1. The molecule has 0 spiro atoms. The number of hydrogen-bond acceptors (Lipinski definition) is 4. The first kappa shape index (κ1) is 15.8. The summed E-state index contributed by atoms with van der Waals surface area (Å²) in [5, 5.41) is 6.04. The van der Waals surface area contributed by atoms with Crippen LogP contribution in [0.1, 0.15) is 15.9 Å². The number of benzene rings is 1. The van der Waals surface area contributed by atoms with Crippen LogP contribution in [-0.2, 0) is 12.8 Å². The molecule has 3 aromatic rings. The largest absolute Gasteiger partial charge is 0.298 e. The lowest BCUT2D eigenvalue weighted by Crippen LogP contribution is -1.94. The van der Waals surface area contributed by atoms with E-state index in [2.05, 4.69) is 10.1 Å². The van der Waals surface area contributed by atoms with E-state index in [0.29, 0.717) is 17.0 Å². The van der Waals surface area contributed by atoms with Crippen molar-refractivity contribution in [3.63, 3.8) is 0 Å². The summed E-state index contributed by atoms with van der Waals surface area (Å²) < 4.78 is 1.74. The quantitative estimate of drug-likeness (QED) is 0.513. The number of carbonyl (C=O) groups excluding carboxylic acids is 1. The Morgan fingerprint density at radius 2 is 1.96 bits per heavy atom. The number of aromatic nitrogens is 3. The zero-order valence-corrected chi connectivity index (χ0v) is 14.0. The number of rotatable bonds is 5. The van der Waals surface area contributed by atoms with Gasteiger partial charge in [0, 0.05) is 35.8 Å². The average molecular weight is 344 g/mol. The van der Waals surface area contributed by atoms with E-state index in [0.717, 1.165) is 27.5 Å². The molecule has 0 amide bonds. The Kier molecular flexibility index (Phi) is 4.79. The predicted molar refractivity (Wildman–Crippen MR) is 92.8 cm³/mol. The SMILES string of the molecule is Cn1nc(-c2ccncc2)c(C=O)c1SCc1ccccc1Cl. The van der Waals surface area contributed by atoms with Crippen molar-refractivity contribution >= 4 is 29.6 Å². The van der Waals surface area contributed by atoms with E-state index in [1.54, 1.807) is 28.8 Å². The molecule has 0 bridgehead atoms. The summed E-state index contributed by atoms with van der Waals surface area (Å²) in [7, 11) is 1.84. The standard InChI is InChI=1S/C17H14ClN3OS/c1-21-17(23-11-13-4-2-3-5-15(13)18)14(10-22)16(20-21)12-6-8-19-9-7-12/h2-10H,11H2,1H3. The second-order valence-corrected chi connectivity index (χ2v) is 6.30. The van der Waals surface area contributed by atoms with Crippen molar-refractivity contribution in [3.8, 4) is 11.3 Å². The number of hydrogen-bond donors (Lipinski definition) is 0. The highest BCUT2D eigenvalue weighted by atomic mass is 35.5. The van der Waals surface area contributed by atoms with E-state index < -0.39 is 0 Å². The maximum atomic E-state index is 11.6. The molecule has 0 aliphatic carbocycles. The topological polar surface area (TPSA) is 47.8 Å². The van der Waals surface area contributed by atoms with Gasteiger partial charge in [-0.25, -0.2) is 0 Å². The number of pyridine rings is 1. The highest BCUT2D eigenvalue weighted by Crippen LogP contribution is 2.33. The predicted octanol–water partition coefficient (Wildman–Crippen LogP) is 4.24. The number of carbonyl (C=O) groups is 1. The van der Waals surface area contributed by atoms with Gasteiger partial charge in [-0.2, -0.15) is 5.10 Å². The van der Waals surface area contributed by atoms with Crippen molar-refractivity contribution in [2.75, 3.05) is 0 Å². The fourth-order valence-electron chi connectivity index (χ4n) is 2.29. The summed E-state index contributed by atoms with van der Waals surface area (Å²) in [6.07, 6.45) is 4.24. The van der Waals surface area contributed by atoms with Crippen LogP contribution < -0.4 is 0 Å². The number of aldehydes is 1. The van der Waals surface area contributed by atoms with Gasteiger partial charge >= 0.3 is 0 Å². The van der Waals surface area contributed by atoms with Crippen LogP contribution in [0.25, 0.3) is 11.3 Å². The van der Waals surface area contributed by atoms with E-state index >= 15 is 0 Å². The molecule has 4 nitrogen and oxygen atoms in total. The Morgan fingerprint density at radius 3 is 2.65 bits per heavy atom. The Balaban J connectivity index is 1.92. The molecule has 0 saturated heterocycles. The molecular formula is C17H14ClN3OS. The molecule has 0 aliphatic rings. The van der Waals surface area contributed by atoms with Gasteiger partial charge < -0.3 is 0 Å². The van der Waals surface area contributed by atoms with Crippen LogP contribution in [0.15, 0.2) is 53.8 Å². The zero-order chi connectivity index (χ0) is 16.2. The number of halogens is 1. The Hall–Kier alpha value is -2.11. The molecule has 0 saturated carbocycles. The molecule has 0 atom stereocenters. The minimum Gasteiger partial charge on any atom is -0.298 e. The van der Waals surface area contributed by atoms with Crippen LogP contribution >= 0.6 is 23.4 Å². The van der Waals surface area contributed by atoms with Gasteiger partial charge in [0.05, 0.1) is 5.56 Å². The maximum Gasteiger partial charge on any atom is 0.155 e. The normalized spacial score (nSPS) is 10.7. The van der Waals surface area contributed by atoms with Crippen LogP contribution in [0.5, 0.6) is 0 Å². The lowest BCUT2D eigenvalue weighted by molar-refractivity contribution is 0.112. The first-order valence-electron chi connectivity index (χ1n) is 6.99. The molecule has 23 heavy (non-hydrogen) atoms. The molecule has 0 aliphatic heterocycles. The molecule has 116 valence electrons.